The summed E-state index contributed by atoms with van der Waals surface area (Å²) in [5, 5.41) is 0. The Kier molecular flexibility index (Phi) is 8.17. The van der Waals surface area contributed by atoms with Crippen LogP contribution in [0.5, 0.6) is 11.5 Å². The second-order valence-electron chi connectivity index (χ2n) is 9.71. The Labute approximate surface area is 238 Å². The number of hydrogen-bond donors (Lipinski definition) is 1. The molecule has 1 N–H and O–H groups in total. The molecule has 0 atom stereocenters. The summed E-state index contributed by atoms with van der Waals surface area (Å²) >= 11 is 0. The number of hydrogen-bond acceptors (Lipinski definition) is 5. The molecule has 0 spiro atoms. The van der Waals surface area contributed by atoms with E-state index in [0.29, 0.717) is 24.3 Å². The summed E-state index contributed by atoms with van der Waals surface area (Å²) in [5.41, 5.74) is 3.40. The maximum atomic E-state index is 12.3. The minimum atomic E-state index is -0.888. The Bertz CT molecular complexity index is 1660. The minimum absolute atomic E-state index is 0.379. The zero-order valence-electron chi connectivity index (χ0n) is 23.3. The SMILES string of the molecule is COc1ccc(C(OCCc2ccc(-n3cc(C)c(=O)[nH]c3=O)cc2)(c2ccccc2)c2ccc(OC)cc2)cc1. The van der Waals surface area contributed by atoms with Crippen LogP contribution in [0.1, 0.15) is 27.8 Å². The van der Waals surface area contributed by atoms with E-state index in [1.807, 2.05) is 91.0 Å². The van der Waals surface area contributed by atoms with Crippen LogP contribution in [0.4, 0.5) is 0 Å². The third-order valence-electron chi connectivity index (χ3n) is 7.22. The van der Waals surface area contributed by atoms with Gasteiger partial charge in [0, 0.05) is 11.8 Å². The molecule has 0 saturated heterocycles. The van der Waals surface area contributed by atoms with Crippen LogP contribution < -0.4 is 20.7 Å². The zero-order chi connectivity index (χ0) is 28.8. The van der Waals surface area contributed by atoms with Crippen molar-refractivity contribution in [3.8, 4) is 17.2 Å². The van der Waals surface area contributed by atoms with Crippen molar-refractivity contribution in [2.24, 2.45) is 0 Å². The highest BCUT2D eigenvalue weighted by Gasteiger charge is 2.37. The number of nitrogens with one attached hydrogen (secondary N) is 1. The van der Waals surface area contributed by atoms with E-state index in [1.165, 1.54) is 4.57 Å². The maximum Gasteiger partial charge on any atom is 0.332 e. The van der Waals surface area contributed by atoms with Gasteiger partial charge in [-0.2, -0.15) is 0 Å². The average Bonchev–Trinajstić information content (AvgIpc) is 3.02. The number of aromatic amines is 1. The molecule has 5 rings (SSSR count). The topological polar surface area (TPSA) is 82.5 Å². The number of nitrogens with zero attached hydrogens (tertiary/aromatic N) is 1. The van der Waals surface area contributed by atoms with Crippen LogP contribution in [0.15, 0.2) is 119 Å². The first kappa shape index (κ1) is 27.7. The summed E-state index contributed by atoms with van der Waals surface area (Å²) in [6.45, 7) is 2.09. The van der Waals surface area contributed by atoms with Crippen molar-refractivity contribution in [1.82, 2.24) is 9.55 Å². The van der Waals surface area contributed by atoms with E-state index >= 15 is 0 Å². The molecule has 0 bridgehead atoms. The summed E-state index contributed by atoms with van der Waals surface area (Å²) in [4.78, 5) is 26.4. The Morgan fingerprint density at radius 2 is 1.24 bits per heavy atom. The second-order valence-corrected chi connectivity index (χ2v) is 9.71. The Morgan fingerprint density at radius 3 is 1.78 bits per heavy atom. The number of rotatable bonds is 10. The monoisotopic (exact) mass is 548 g/mol. The normalized spacial score (nSPS) is 11.3. The van der Waals surface area contributed by atoms with Gasteiger partial charge in [-0.05, 0) is 72.0 Å². The van der Waals surface area contributed by atoms with Crippen molar-refractivity contribution < 1.29 is 14.2 Å². The molecule has 0 aliphatic carbocycles. The van der Waals surface area contributed by atoms with E-state index in [1.54, 1.807) is 27.3 Å². The lowest BCUT2D eigenvalue weighted by Gasteiger charge is -2.36. The summed E-state index contributed by atoms with van der Waals surface area (Å²) in [7, 11) is 3.30. The van der Waals surface area contributed by atoms with Crippen LogP contribution in [0.2, 0.25) is 0 Å². The first-order valence-electron chi connectivity index (χ1n) is 13.3. The highest BCUT2D eigenvalue weighted by molar-refractivity contribution is 5.49. The first-order chi connectivity index (χ1) is 19.9. The summed E-state index contributed by atoms with van der Waals surface area (Å²) < 4.78 is 19.2. The number of benzene rings is 4. The van der Waals surface area contributed by atoms with Crippen molar-refractivity contribution in [3.63, 3.8) is 0 Å². The second kappa shape index (κ2) is 12.1. The van der Waals surface area contributed by atoms with Crippen LogP contribution in [0.3, 0.4) is 0 Å². The molecule has 0 aliphatic rings. The van der Waals surface area contributed by atoms with Gasteiger partial charge in [0.05, 0.1) is 26.5 Å². The van der Waals surface area contributed by atoms with E-state index in [2.05, 4.69) is 17.1 Å². The van der Waals surface area contributed by atoms with Gasteiger partial charge in [0.15, 0.2) is 0 Å². The molecule has 5 aromatic rings. The largest absolute Gasteiger partial charge is 0.497 e. The lowest BCUT2D eigenvalue weighted by molar-refractivity contribution is 0.0147. The molecule has 0 unspecified atom stereocenters. The Morgan fingerprint density at radius 1 is 0.707 bits per heavy atom. The number of ether oxygens (including phenoxy) is 3. The molecule has 7 heteroatoms. The first-order valence-corrected chi connectivity index (χ1v) is 13.3. The average molecular weight is 549 g/mol. The standard InChI is InChI=1S/C34H32N2O5/c1-24-23-36(33(38)35-32(24)37)29-15-9-25(10-16-29)21-22-41-34(26-7-5-4-6-8-26,27-11-17-30(39-2)18-12-27)28-13-19-31(40-3)20-14-28/h4-20,23H,21-22H2,1-3H3,(H,35,37,38). The van der Waals surface area contributed by atoms with Crippen LogP contribution in [-0.2, 0) is 16.8 Å². The highest BCUT2D eigenvalue weighted by Crippen LogP contribution is 2.41. The Hall–Kier alpha value is -4.88. The van der Waals surface area contributed by atoms with E-state index < -0.39 is 11.3 Å². The quantitative estimate of drug-likeness (QED) is 0.236. The highest BCUT2D eigenvalue weighted by atomic mass is 16.5. The molecule has 0 saturated carbocycles. The minimum Gasteiger partial charge on any atom is -0.497 e. The van der Waals surface area contributed by atoms with Crippen molar-refractivity contribution >= 4 is 0 Å². The fourth-order valence-electron chi connectivity index (χ4n) is 4.98. The van der Waals surface area contributed by atoms with Gasteiger partial charge >= 0.3 is 5.69 Å². The van der Waals surface area contributed by atoms with Crippen molar-refractivity contribution in [3.05, 3.63) is 158 Å². The molecule has 208 valence electrons. The fraction of sp³-hybridized carbons (Fsp3) is 0.176. The van der Waals surface area contributed by atoms with Crippen molar-refractivity contribution in [1.29, 1.82) is 0 Å². The molecule has 1 aromatic heterocycles. The van der Waals surface area contributed by atoms with E-state index in [-0.39, 0.29) is 5.56 Å². The number of aromatic nitrogens is 2. The lowest BCUT2D eigenvalue weighted by Crippen LogP contribution is -2.33. The molecule has 0 radical (unpaired) electrons. The molecular weight excluding hydrogens is 516 g/mol. The number of aryl methyl sites for hydroxylation is 1. The number of methoxy groups -OCH3 is 2. The van der Waals surface area contributed by atoms with Gasteiger partial charge in [-0.25, -0.2) is 4.79 Å². The van der Waals surface area contributed by atoms with Crippen LogP contribution in [-0.4, -0.2) is 30.4 Å². The van der Waals surface area contributed by atoms with Crippen LogP contribution in [0, 0.1) is 6.92 Å². The molecule has 41 heavy (non-hydrogen) atoms. The predicted octanol–water partition coefficient (Wildman–Crippen LogP) is 5.40. The molecule has 7 nitrogen and oxygen atoms in total. The third-order valence-corrected chi connectivity index (χ3v) is 7.22. The molecule has 1 heterocycles. The van der Waals surface area contributed by atoms with Crippen molar-refractivity contribution in [2.45, 2.75) is 18.9 Å². The molecule has 0 fully saturated rings. The van der Waals surface area contributed by atoms with Gasteiger partial charge in [0.2, 0.25) is 0 Å². The molecule has 4 aromatic carbocycles. The van der Waals surface area contributed by atoms with Gasteiger partial charge in [-0.3, -0.25) is 14.3 Å². The third kappa shape index (κ3) is 5.71. The lowest BCUT2D eigenvalue weighted by atomic mass is 9.80. The van der Waals surface area contributed by atoms with E-state index in [9.17, 15) is 9.59 Å². The molecular formula is C34H32N2O5. The van der Waals surface area contributed by atoms with Gasteiger partial charge in [-0.1, -0.05) is 66.7 Å². The van der Waals surface area contributed by atoms with Crippen LogP contribution >= 0.6 is 0 Å². The van der Waals surface area contributed by atoms with Gasteiger partial charge in [0.1, 0.15) is 17.1 Å². The number of H-pyrrole nitrogens is 1. The van der Waals surface area contributed by atoms with Crippen LogP contribution in [0.25, 0.3) is 5.69 Å². The zero-order valence-corrected chi connectivity index (χ0v) is 23.3. The smallest absolute Gasteiger partial charge is 0.332 e. The molecule has 0 aliphatic heterocycles. The van der Waals surface area contributed by atoms with Gasteiger partial charge in [0.25, 0.3) is 5.56 Å². The van der Waals surface area contributed by atoms with Gasteiger partial charge in [-0.15, -0.1) is 0 Å². The maximum absolute atomic E-state index is 12.3. The predicted molar refractivity (Wildman–Crippen MR) is 159 cm³/mol. The fourth-order valence-corrected chi connectivity index (χ4v) is 4.98. The summed E-state index contributed by atoms with van der Waals surface area (Å²) in [6.07, 6.45) is 2.19. The molecule has 0 amide bonds. The van der Waals surface area contributed by atoms with Gasteiger partial charge < -0.3 is 14.2 Å². The van der Waals surface area contributed by atoms with E-state index in [4.69, 9.17) is 14.2 Å². The van der Waals surface area contributed by atoms with Crippen molar-refractivity contribution in [2.75, 3.05) is 20.8 Å². The van der Waals surface area contributed by atoms with E-state index in [0.717, 1.165) is 33.8 Å². The summed E-state index contributed by atoms with van der Waals surface area (Å²) in [6, 6.07) is 33.8. The summed E-state index contributed by atoms with van der Waals surface area (Å²) in [5.74, 6) is 1.53. The Balaban J connectivity index is 1.48.